The number of amides is 1. The zero-order valence-corrected chi connectivity index (χ0v) is 21.7. The van der Waals surface area contributed by atoms with Gasteiger partial charge in [0.05, 0.1) is 10.2 Å². The van der Waals surface area contributed by atoms with E-state index in [9.17, 15) is 15.0 Å². The highest BCUT2D eigenvalue weighted by Crippen LogP contribution is 2.40. The number of para-hydroxylation sites is 1. The van der Waals surface area contributed by atoms with Gasteiger partial charge in [-0.1, -0.05) is 70.5 Å². The molecule has 35 heavy (non-hydrogen) atoms. The second-order valence-electron chi connectivity index (χ2n) is 7.78. The van der Waals surface area contributed by atoms with E-state index in [4.69, 9.17) is 9.47 Å². The Labute approximate surface area is 219 Å². The lowest BCUT2D eigenvalue weighted by atomic mass is 10.0. The summed E-state index contributed by atoms with van der Waals surface area (Å²) in [6, 6.07) is 25.7. The number of phenols is 1. The van der Waals surface area contributed by atoms with Crippen LogP contribution in [-0.4, -0.2) is 29.0 Å². The molecule has 2 atom stereocenters. The lowest BCUT2D eigenvalue weighted by Crippen LogP contribution is -2.32. The minimum Gasteiger partial charge on any atom is -0.506 e. The first-order chi connectivity index (χ1) is 17.0. The lowest BCUT2D eigenvalue weighted by molar-refractivity contribution is 0.00793. The van der Waals surface area contributed by atoms with E-state index >= 15 is 0 Å². The molecule has 3 N–H and O–H groups in total. The molecule has 180 valence electrons. The molecule has 0 fully saturated rings. The fraction of sp³-hybridized carbons (Fsp3) is 0.148. The van der Waals surface area contributed by atoms with Crippen LogP contribution < -0.4 is 10.1 Å². The van der Waals surface area contributed by atoms with E-state index in [-0.39, 0.29) is 18.8 Å². The zero-order chi connectivity index (χ0) is 24.8. The molecular formula is C27H23Br2NO5. The van der Waals surface area contributed by atoms with E-state index in [1.807, 2.05) is 54.6 Å². The molecule has 4 aromatic carbocycles. The Morgan fingerprint density at radius 3 is 2.43 bits per heavy atom. The molecule has 0 aromatic heterocycles. The van der Waals surface area contributed by atoms with Crippen LogP contribution in [0.25, 0.3) is 10.8 Å². The predicted molar refractivity (Wildman–Crippen MR) is 143 cm³/mol. The third-order valence-electron chi connectivity index (χ3n) is 5.41. The summed E-state index contributed by atoms with van der Waals surface area (Å²) in [5, 5.41) is 25.2. The summed E-state index contributed by atoms with van der Waals surface area (Å²) in [5.74, 6) is 0.457. The van der Waals surface area contributed by atoms with Crippen LogP contribution in [0.4, 0.5) is 10.5 Å². The number of ether oxygens (including phenoxy) is 2. The van der Waals surface area contributed by atoms with Crippen molar-refractivity contribution < 1.29 is 24.5 Å². The van der Waals surface area contributed by atoms with Gasteiger partial charge < -0.3 is 19.7 Å². The van der Waals surface area contributed by atoms with Crippen molar-refractivity contribution in [2.24, 2.45) is 0 Å². The Bertz CT molecular complexity index is 1310. The van der Waals surface area contributed by atoms with Gasteiger partial charge in [0.25, 0.3) is 0 Å². The fourth-order valence-corrected chi connectivity index (χ4v) is 5.06. The number of benzene rings is 4. The summed E-state index contributed by atoms with van der Waals surface area (Å²) in [6.45, 7) is -0.210. The van der Waals surface area contributed by atoms with Crippen LogP contribution in [0.1, 0.15) is 18.1 Å². The van der Waals surface area contributed by atoms with Crippen LogP contribution in [0.3, 0.4) is 0 Å². The van der Waals surface area contributed by atoms with Gasteiger partial charge in [0.15, 0.2) is 6.10 Å². The largest absolute Gasteiger partial charge is 0.506 e. The average Bonchev–Trinajstić information content (AvgIpc) is 2.85. The topological polar surface area (TPSA) is 88.0 Å². The van der Waals surface area contributed by atoms with Gasteiger partial charge in [-0.15, -0.1) is 0 Å². The van der Waals surface area contributed by atoms with Crippen LogP contribution in [0.5, 0.6) is 11.5 Å². The van der Waals surface area contributed by atoms with Gasteiger partial charge in [0.2, 0.25) is 0 Å². The summed E-state index contributed by atoms with van der Waals surface area (Å²) < 4.78 is 13.1. The van der Waals surface area contributed by atoms with Gasteiger partial charge in [-0.3, -0.25) is 5.32 Å². The summed E-state index contributed by atoms with van der Waals surface area (Å²) in [4.78, 5) is 13.1. The van der Waals surface area contributed by atoms with E-state index in [2.05, 4.69) is 37.2 Å². The zero-order valence-electron chi connectivity index (χ0n) is 18.5. The van der Waals surface area contributed by atoms with Crippen molar-refractivity contribution in [3.8, 4) is 11.5 Å². The molecular weight excluding hydrogens is 578 g/mol. The molecule has 4 aromatic rings. The average molecular weight is 601 g/mol. The number of carbonyl (C=O) groups excluding carboxylic acids is 1. The number of carbonyl (C=O) groups is 1. The van der Waals surface area contributed by atoms with Crippen molar-refractivity contribution in [1.29, 1.82) is 0 Å². The first-order valence-electron chi connectivity index (χ1n) is 10.9. The summed E-state index contributed by atoms with van der Waals surface area (Å²) >= 11 is 6.77. The molecule has 0 saturated carbocycles. The number of rotatable bonds is 8. The third kappa shape index (κ3) is 6.14. The summed E-state index contributed by atoms with van der Waals surface area (Å²) in [6.07, 6.45) is -2.38. The number of fused-ring (bicyclic) bond motifs is 1. The fourth-order valence-electron chi connectivity index (χ4n) is 3.80. The molecule has 0 aliphatic carbocycles. The number of aromatic hydroxyl groups is 1. The van der Waals surface area contributed by atoms with E-state index in [1.165, 1.54) is 0 Å². The van der Waals surface area contributed by atoms with Crippen molar-refractivity contribution >= 4 is 54.4 Å². The monoisotopic (exact) mass is 599 g/mol. The highest BCUT2D eigenvalue weighted by molar-refractivity contribution is 9.11. The number of halogens is 2. The highest BCUT2D eigenvalue weighted by Gasteiger charge is 2.32. The molecule has 0 aliphatic rings. The molecule has 4 rings (SSSR count). The van der Waals surface area contributed by atoms with Crippen LogP contribution >= 0.6 is 31.9 Å². The van der Waals surface area contributed by atoms with Gasteiger partial charge in [-0.05, 0) is 51.6 Å². The van der Waals surface area contributed by atoms with Crippen LogP contribution in [0.15, 0.2) is 93.9 Å². The second kappa shape index (κ2) is 11.6. The third-order valence-corrected chi connectivity index (χ3v) is 6.47. The highest BCUT2D eigenvalue weighted by atomic mass is 79.9. The van der Waals surface area contributed by atoms with Crippen LogP contribution in [0.2, 0.25) is 0 Å². The molecule has 0 unspecified atom stereocenters. The molecule has 6 nitrogen and oxygen atoms in total. The van der Waals surface area contributed by atoms with Crippen molar-refractivity contribution in [3.05, 3.63) is 99.4 Å². The number of anilines is 1. The van der Waals surface area contributed by atoms with Crippen molar-refractivity contribution in [1.82, 2.24) is 0 Å². The maximum Gasteiger partial charge on any atom is 0.412 e. The van der Waals surface area contributed by atoms with Crippen molar-refractivity contribution in [2.45, 2.75) is 18.6 Å². The Kier molecular flexibility index (Phi) is 8.28. The number of aliphatic hydroxyl groups is 1. The van der Waals surface area contributed by atoms with Crippen molar-refractivity contribution in [3.63, 3.8) is 0 Å². The lowest BCUT2D eigenvalue weighted by Gasteiger charge is -2.29. The van der Waals surface area contributed by atoms with E-state index in [0.717, 1.165) is 10.8 Å². The van der Waals surface area contributed by atoms with E-state index in [0.29, 0.717) is 25.9 Å². The number of hydrogen-bond acceptors (Lipinski definition) is 5. The molecule has 0 radical (unpaired) electrons. The molecule has 1 amide bonds. The molecule has 0 heterocycles. The SMILES string of the molecule is O=C(Nc1cccc2ccccc12)O[C@H](c1cc(Br)cc(Br)c1O)[C@@H](CCO)Oc1ccccc1. The van der Waals surface area contributed by atoms with Gasteiger partial charge in [-0.25, -0.2) is 4.79 Å². The van der Waals surface area contributed by atoms with Gasteiger partial charge >= 0.3 is 6.09 Å². The standard InChI is InChI=1S/C27H23Br2NO5/c28-18-15-21(25(32)22(29)16-18)26(24(13-14-31)34-19-9-2-1-3-10-19)35-27(33)30-23-12-6-8-17-7-4-5-11-20(17)23/h1-12,15-16,24,26,31-32H,13-14H2,(H,30,33)/t24-,26-/m1/s1. The minimum atomic E-state index is -1.04. The Morgan fingerprint density at radius 2 is 1.66 bits per heavy atom. The number of hydrogen-bond donors (Lipinski definition) is 3. The van der Waals surface area contributed by atoms with E-state index in [1.54, 1.807) is 30.3 Å². The maximum absolute atomic E-state index is 13.1. The number of phenolic OH excluding ortho intramolecular Hbond substituents is 1. The Hall–Kier alpha value is -3.07. The first kappa shape index (κ1) is 25.0. The molecule has 8 heteroatoms. The first-order valence-corrected chi connectivity index (χ1v) is 12.5. The van der Waals surface area contributed by atoms with E-state index < -0.39 is 18.3 Å². The minimum absolute atomic E-state index is 0.0873. The summed E-state index contributed by atoms with van der Waals surface area (Å²) in [5.41, 5.74) is 0.919. The molecule has 0 aliphatic heterocycles. The van der Waals surface area contributed by atoms with Gasteiger partial charge in [-0.2, -0.15) is 0 Å². The smallest absolute Gasteiger partial charge is 0.412 e. The molecule has 0 saturated heterocycles. The second-order valence-corrected chi connectivity index (χ2v) is 9.55. The van der Waals surface area contributed by atoms with Gasteiger partial charge in [0, 0.05) is 28.5 Å². The maximum atomic E-state index is 13.1. The summed E-state index contributed by atoms with van der Waals surface area (Å²) in [7, 11) is 0. The number of nitrogens with one attached hydrogen (secondary N) is 1. The van der Waals surface area contributed by atoms with Gasteiger partial charge in [0.1, 0.15) is 17.6 Å². The van der Waals surface area contributed by atoms with Crippen LogP contribution in [0, 0.1) is 0 Å². The number of aliphatic hydroxyl groups excluding tert-OH is 1. The van der Waals surface area contributed by atoms with Crippen molar-refractivity contribution in [2.75, 3.05) is 11.9 Å². The Morgan fingerprint density at radius 1 is 0.943 bits per heavy atom. The predicted octanol–water partition coefficient (Wildman–Crippen LogP) is 7.19. The van der Waals surface area contributed by atoms with Crippen LogP contribution in [-0.2, 0) is 4.74 Å². The Balaban J connectivity index is 1.68. The quantitative estimate of drug-likeness (QED) is 0.199. The normalized spacial score (nSPS) is 12.7. The molecule has 0 spiro atoms. The molecule has 0 bridgehead atoms.